The number of benzene rings is 1. The summed E-state index contributed by atoms with van der Waals surface area (Å²) >= 11 is 3.34. The van der Waals surface area contributed by atoms with Crippen LogP contribution in [-0.2, 0) is 4.74 Å². The van der Waals surface area contributed by atoms with Crippen LogP contribution in [-0.4, -0.2) is 33.6 Å². The van der Waals surface area contributed by atoms with E-state index < -0.39 is 18.8 Å². The first-order valence-corrected chi connectivity index (χ1v) is 6.90. The van der Waals surface area contributed by atoms with Gasteiger partial charge in [-0.15, -0.1) is 0 Å². The number of alkyl halides is 3. The van der Waals surface area contributed by atoms with Gasteiger partial charge in [0.1, 0.15) is 22.6 Å². The highest BCUT2D eigenvalue weighted by molar-refractivity contribution is 9.10. The maximum Gasteiger partial charge on any atom is 0.411 e. The zero-order valence-corrected chi connectivity index (χ0v) is 13.3. The van der Waals surface area contributed by atoms with E-state index in [9.17, 15) is 13.2 Å². The van der Waals surface area contributed by atoms with Crippen LogP contribution >= 0.6 is 15.9 Å². The van der Waals surface area contributed by atoms with Crippen LogP contribution in [0.15, 0.2) is 16.6 Å². The van der Waals surface area contributed by atoms with E-state index >= 15 is 0 Å². The first kappa shape index (κ1) is 18.1. The molecule has 8 heteroatoms. The highest BCUT2D eigenvalue weighted by atomic mass is 79.9. The molecule has 120 valence electrons. The van der Waals surface area contributed by atoms with Crippen LogP contribution in [0, 0.1) is 0 Å². The van der Waals surface area contributed by atoms with Crippen LogP contribution in [0.4, 0.5) is 13.2 Å². The zero-order chi connectivity index (χ0) is 16.0. The number of nitrogens with two attached hydrogens (primary N) is 1. The lowest BCUT2D eigenvalue weighted by Gasteiger charge is -2.18. The summed E-state index contributed by atoms with van der Waals surface area (Å²) < 4.78 is 51.5. The van der Waals surface area contributed by atoms with Crippen molar-refractivity contribution < 1.29 is 27.4 Å². The van der Waals surface area contributed by atoms with Gasteiger partial charge in [-0.1, -0.05) is 0 Å². The van der Waals surface area contributed by atoms with Crippen molar-refractivity contribution in [2.75, 3.05) is 27.4 Å². The molecule has 1 aromatic carbocycles. The Labute approximate surface area is 129 Å². The maximum absolute atomic E-state index is 12.0. The Hall–Kier alpha value is -0.990. The zero-order valence-electron chi connectivity index (χ0n) is 11.7. The molecule has 1 atom stereocenters. The fourth-order valence-electron chi connectivity index (χ4n) is 1.76. The van der Waals surface area contributed by atoms with E-state index in [0.29, 0.717) is 21.5 Å². The predicted molar refractivity (Wildman–Crippen MR) is 75.7 cm³/mol. The smallest absolute Gasteiger partial charge is 0.411 e. The van der Waals surface area contributed by atoms with Gasteiger partial charge in [0.25, 0.3) is 0 Å². The van der Waals surface area contributed by atoms with E-state index in [1.165, 1.54) is 14.2 Å². The standard InChI is InChI=1S/C13H17BrF3NO3/c1-19-10-4-3-8(12(20-2)11(10)14)9(18)5-6-21-7-13(15,16)17/h3-4,9H,5-7,18H2,1-2H3. The van der Waals surface area contributed by atoms with Gasteiger partial charge in [-0.05, 0) is 34.5 Å². The summed E-state index contributed by atoms with van der Waals surface area (Å²) in [5, 5.41) is 0. The van der Waals surface area contributed by atoms with Gasteiger partial charge < -0.3 is 19.9 Å². The summed E-state index contributed by atoms with van der Waals surface area (Å²) in [5.74, 6) is 1.08. The summed E-state index contributed by atoms with van der Waals surface area (Å²) in [6, 6.07) is 2.92. The fourth-order valence-corrected chi connectivity index (χ4v) is 2.45. The minimum absolute atomic E-state index is 0.0898. The molecule has 0 aromatic heterocycles. The van der Waals surface area contributed by atoms with Crippen molar-refractivity contribution in [2.24, 2.45) is 5.73 Å². The third-order valence-electron chi connectivity index (χ3n) is 2.75. The number of rotatable bonds is 7. The summed E-state index contributed by atoms with van der Waals surface area (Å²) in [4.78, 5) is 0. The molecule has 0 aliphatic rings. The number of halogens is 4. The second-order valence-corrected chi connectivity index (χ2v) is 5.06. The molecule has 2 N–H and O–H groups in total. The van der Waals surface area contributed by atoms with Crippen LogP contribution in [0.2, 0.25) is 0 Å². The Kier molecular flexibility index (Phi) is 6.76. The monoisotopic (exact) mass is 371 g/mol. The van der Waals surface area contributed by atoms with E-state index in [4.69, 9.17) is 15.2 Å². The van der Waals surface area contributed by atoms with Crippen LogP contribution < -0.4 is 15.2 Å². The van der Waals surface area contributed by atoms with E-state index in [0.717, 1.165) is 0 Å². The van der Waals surface area contributed by atoms with E-state index in [1.807, 2.05) is 0 Å². The van der Waals surface area contributed by atoms with Gasteiger partial charge in [0, 0.05) is 18.2 Å². The van der Waals surface area contributed by atoms with Crippen molar-refractivity contribution in [3.8, 4) is 11.5 Å². The molecule has 0 saturated carbocycles. The quantitative estimate of drug-likeness (QED) is 0.746. The van der Waals surface area contributed by atoms with Gasteiger partial charge in [-0.3, -0.25) is 0 Å². The van der Waals surface area contributed by atoms with Crippen molar-refractivity contribution in [2.45, 2.75) is 18.6 Å². The van der Waals surface area contributed by atoms with Crippen molar-refractivity contribution in [3.05, 3.63) is 22.2 Å². The highest BCUT2D eigenvalue weighted by Gasteiger charge is 2.27. The number of ether oxygens (including phenoxy) is 3. The number of hydrogen-bond acceptors (Lipinski definition) is 4. The molecule has 21 heavy (non-hydrogen) atoms. The van der Waals surface area contributed by atoms with Crippen LogP contribution in [0.25, 0.3) is 0 Å². The van der Waals surface area contributed by atoms with E-state index in [-0.39, 0.29) is 13.0 Å². The Morgan fingerprint density at radius 2 is 1.90 bits per heavy atom. The molecule has 1 unspecified atom stereocenters. The molecule has 4 nitrogen and oxygen atoms in total. The third kappa shape index (κ3) is 5.37. The van der Waals surface area contributed by atoms with Gasteiger partial charge in [-0.2, -0.15) is 13.2 Å². The average molecular weight is 372 g/mol. The molecule has 1 aromatic rings. The lowest BCUT2D eigenvalue weighted by Crippen LogP contribution is -2.20. The predicted octanol–water partition coefficient (Wildman–Crippen LogP) is 3.44. The normalized spacial score (nSPS) is 13.1. The Bertz CT molecular complexity index is 469. The van der Waals surface area contributed by atoms with Crippen LogP contribution in [0.3, 0.4) is 0 Å². The lowest BCUT2D eigenvalue weighted by atomic mass is 10.0. The summed E-state index contributed by atoms with van der Waals surface area (Å²) in [5.41, 5.74) is 6.65. The van der Waals surface area contributed by atoms with Crippen molar-refractivity contribution >= 4 is 15.9 Å². The summed E-state index contributed by atoms with van der Waals surface area (Å²) in [6.07, 6.45) is -4.09. The minimum Gasteiger partial charge on any atom is -0.495 e. The number of methoxy groups -OCH3 is 2. The van der Waals surface area contributed by atoms with Gasteiger partial charge >= 0.3 is 6.18 Å². The molecule has 0 fully saturated rings. The largest absolute Gasteiger partial charge is 0.495 e. The number of hydrogen-bond donors (Lipinski definition) is 1. The molecule has 0 heterocycles. The minimum atomic E-state index is -4.33. The molecular formula is C13H17BrF3NO3. The second kappa shape index (κ2) is 7.86. The van der Waals surface area contributed by atoms with Crippen molar-refractivity contribution in [3.63, 3.8) is 0 Å². The lowest BCUT2D eigenvalue weighted by molar-refractivity contribution is -0.174. The molecule has 0 aliphatic heterocycles. The fraction of sp³-hybridized carbons (Fsp3) is 0.538. The van der Waals surface area contributed by atoms with Gasteiger partial charge in [0.2, 0.25) is 0 Å². The Morgan fingerprint density at radius 1 is 1.24 bits per heavy atom. The Balaban J connectivity index is 2.70. The molecule has 0 aliphatic carbocycles. The Morgan fingerprint density at radius 3 is 2.43 bits per heavy atom. The SMILES string of the molecule is COc1ccc(C(N)CCOCC(F)(F)F)c(OC)c1Br. The van der Waals surface area contributed by atoms with Gasteiger partial charge in [-0.25, -0.2) is 0 Å². The summed E-state index contributed by atoms with van der Waals surface area (Å²) in [6.45, 7) is -1.36. The first-order chi connectivity index (χ1) is 9.80. The van der Waals surface area contributed by atoms with E-state index in [1.54, 1.807) is 12.1 Å². The topological polar surface area (TPSA) is 53.7 Å². The molecule has 0 radical (unpaired) electrons. The van der Waals surface area contributed by atoms with E-state index in [2.05, 4.69) is 20.7 Å². The van der Waals surface area contributed by atoms with Crippen molar-refractivity contribution in [1.29, 1.82) is 0 Å². The van der Waals surface area contributed by atoms with Crippen LogP contribution in [0.5, 0.6) is 11.5 Å². The molecule has 0 spiro atoms. The van der Waals surface area contributed by atoms with Crippen molar-refractivity contribution in [1.82, 2.24) is 0 Å². The molecule has 0 bridgehead atoms. The second-order valence-electron chi connectivity index (χ2n) is 4.27. The molecule has 1 rings (SSSR count). The molecular weight excluding hydrogens is 355 g/mol. The van der Waals surface area contributed by atoms with Crippen LogP contribution in [0.1, 0.15) is 18.0 Å². The molecule has 0 amide bonds. The summed E-state index contributed by atoms with van der Waals surface area (Å²) in [7, 11) is 3.00. The first-order valence-electron chi connectivity index (χ1n) is 6.10. The third-order valence-corrected chi connectivity index (χ3v) is 3.51. The highest BCUT2D eigenvalue weighted by Crippen LogP contribution is 2.39. The van der Waals surface area contributed by atoms with Gasteiger partial charge in [0.05, 0.1) is 14.2 Å². The molecule has 0 saturated heterocycles. The maximum atomic E-state index is 12.0. The average Bonchev–Trinajstić information content (AvgIpc) is 2.41. The van der Waals surface area contributed by atoms with Gasteiger partial charge in [0.15, 0.2) is 0 Å².